The van der Waals surface area contributed by atoms with Crippen LogP contribution < -0.4 is 0 Å². The Hall–Kier alpha value is -1.60. The van der Waals surface area contributed by atoms with E-state index < -0.39 is 10.1 Å². The molecule has 162 valence electrons. The number of benzene rings is 2. The summed E-state index contributed by atoms with van der Waals surface area (Å²) < 4.78 is 27.5. The van der Waals surface area contributed by atoms with Gasteiger partial charge in [-0.3, -0.25) is 8.98 Å². The molecule has 0 radical (unpaired) electrons. The molecule has 1 unspecified atom stereocenters. The lowest BCUT2D eigenvalue weighted by atomic mass is 9.71. The first kappa shape index (κ1) is 23.1. The number of rotatable bonds is 8. The summed E-state index contributed by atoms with van der Waals surface area (Å²) in [7, 11) is -3.49. The van der Waals surface area contributed by atoms with E-state index in [1.54, 1.807) is 6.07 Å². The van der Waals surface area contributed by atoms with Crippen molar-refractivity contribution in [2.24, 2.45) is 0 Å². The van der Waals surface area contributed by atoms with E-state index in [9.17, 15) is 13.2 Å². The van der Waals surface area contributed by atoms with E-state index >= 15 is 0 Å². The molecule has 0 saturated carbocycles. The molecule has 3 rings (SSSR count). The third-order valence-corrected chi connectivity index (χ3v) is 6.84. The Morgan fingerprint density at radius 2 is 1.83 bits per heavy atom. The predicted molar refractivity (Wildman–Crippen MR) is 119 cm³/mol. The van der Waals surface area contributed by atoms with Crippen LogP contribution in [0.2, 0.25) is 10.0 Å². The zero-order valence-electron chi connectivity index (χ0n) is 16.8. The summed E-state index contributed by atoms with van der Waals surface area (Å²) in [6.07, 6.45) is 3.33. The van der Waals surface area contributed by atoms with Crippen LogP contribution in [0.3, 0.4) is 0 Å². The largest absolute Gasteiger partial charge is 0.337 e. The number of nitrogens with zero attached hydrogens (tertiary/aromatic N) is 1. The van der Waals surface area contributed by atoms with Crippen LogP contribution in [0.15, 0.2) is 48.5 Å². The Balaban J connectivity index is 1.85. The van der Waals surface area contributed by atoms with E-state index in [-0.39, 0.29) is 17.9 Å². The van der Waals surface area contributed by atoms with Crippen molar-refractivity contribution in [3.8, 4) is 0 Å². The third-order valence-electron chi connectivity index (χ3n) is 5.51. The number of piperidine rings is 1. The van der Waals surface area contributed by atoms with Crippen molar-refractivity contribution in [1.82, 2.24) is 4.90 Å². The lowest BCUT2D eigenvalue weighted by molar-refractivity contribution is -0.136. The van der Waals surface area contributed by atoms with E-state index in [0.717, 1.165) is 17.4 Å². The Morgan fingerprint density at radius 3 is 2.50 bits per heavy atom. The minimum absolute atomic E-state index is 0.106. The molecule has 1 aliphatic heterocycles. The van der Waals surface area contributed by atoms with Crippen LogP contribution in [0.25, 0.3) is 0 Å². The van der Waals surface area contributed by atoms with Crippen molar-refractivity contribution in [1.29, 1.82) is 0 Å². The third kappa shape index (κ3) is 5.97. The SMILES string of the molecule is CS(=O)(=O)OCCCC1(c2ccc(Cl)c(Cl)c2)CCC(=O)N(Cc2ccccc2)C1. The first-order chi connectivity index (χ1) is 14.2. The number of carbonyl (C=O) groups is 1. The van der Waals surface area contributed by atoms with Crippen LogP contribution in [0, 0.1) is 0 Å². The van der Waals surface area contributed by atoms with Crippen molar-refractivity contribution in [3.63, 3.8) is 0 Å². The maximum Gasteiger partial charge on any atom is 0.264 e. The average Bonchev–Trinajstić information content (AvgIpc) is 2.70. The average molecular weight is 470 g/mol. The zero-order valence-corrected chi connectivity index (χ0v) is 19.1. The summed E-state index contributed by atoms with van der Waals surface area (Å²) in [6.45, 7) is 1.16. The number of halogens is 2. The van der Waals surface area contributed by atoms with E-state index in [4.69, 9.17) is 27.4 Å². The smallest absolute Gasteiger partial charge is 0.264 e. The molecule has 1 heterocycles. The predicted octanol–water partition coefficient (Wildman–Crippen LogP) is 4.81. The zero-order chi connectivity index (χ0) is 21.8. The van der Waals surface area contributed by atoms with Crippen LogP contribution in [-0.4, -0.2) is 38.6 Å². The second-order valence-electron chi connectivity index (χ2n) is 7.77. The summed E-state index contributed by atoms with van der Waals surface area (Å²) >= 11 is 12.4. The molecule has 5 nitrogen and oxygen atoms in total. The van der Waals surface area contributed by atoms with Crippen LogP contribution in [-0.2, 0) is 31.1 Å². The van der Waals surface area contributed by atoms with Gasteiger partial charge in [0.25, 0.3) is 10.1 Å². The molecular formula is C22H25Cl2NO4S. The lowest BCUT2D eigenvalue weighted by Crippen LogP contribution is -2.48. The molecule has 0 bridgehead atoms. The topological polar surface area (TPSA) is 63.7 Å². The highest BCUT2D eigenvalue weighted by Crippen LogP contribution is 2.41. The van der Waals surface area contributed by atoms with Gasteiger partial charge >= 0.3 is 0 Å². The quantitative estimate of drug-likeness (QED) is 0.410. The number of hydrogen-bond donors (Lipinski definition) is 0. The monoisotopic (exact) mass is 469 g/mol. The lowest BCUT2D eigenvalue weighted by Gasteiger charge is -2.43. The maximum atomic E-state index is 12.7. The van der Waals surface area contributed by atoms with Crippen LogP contribution in [0.5, 0.6) is 0 Å². The van der Waals surface area contributed by atoms with Gasteiger partial charge < -0.3 is 4.90 Å². The second-order valence-corrected chi connectivity index (χ2v) is 10.2. The minimum atomic E-state index is -3.49. The molecule has 2 aromatic rings. The standard InChI is InChI=1S/C22H25Cl2NO4S/c1-30(27,28)29-13-5-11-22(18-8-9-19(23)20(24)14-18)12-10-21(26)25(16-22)15-17-6-3-2-4-7-17/h2-4,6-9,14H,5,10-13,15-16H2,1H3. The van der Waals surface area contributed by atoms with E-state index in [0.29, 0.717) is 48.8 Å². The molecule has 0 N–H and O–H groups in total. The maximum absolute atomic E-state index is 12.7. The molecule has 0 aromatic heterocycles. The van der Waals surface area contributed by atoms with Crippen molar-refractivity contribution >= 4 is 39.2 Å². The molecule has 1 aliphatic rings. The Morgan fingerprint density at radius 1 is 1.10 bits per heavy atom. The second kappa shape index (κ2) is 9.69. The number of amides is 1. The molecule has 8 heteroatoms. The Bertz CT molecular complexity index is 997. The molecule has 0 spiro atoms. The van der Waals surface area contributed by atoms with Gasteiger partial charge in [-0.25, -0.2) is 0 Å². The number of hydrogen-bond acceptors (Lipinski definition) is 4. The van der Waals surface area contributed by atoms with Crippen LogP contribution in [0.4, 0.5) is 0 Å². The van der Waals surface area contributed by atoms with Gasteiger partial charge in [-0.05, 0) is 42.5 Å². The van der Waals surface area contributed by atoms with E-state index in [1.165, 1.54) is 0 Å². The molecule has 2 aromatic carbocycles. The van der Waals surface area contributed by atoms with Gasteiger partial charge in [0.1, 0.15) is 0 Å². The number of likely N-dealkylation sites (tertiary alicyclic amines) is 1. The van der Waals surface area contributed by atoms with Gasteiger partial charge in [0, 0.05) is 24.9 Å². The minimum Gasteiger partial charge on any atom is -0.337 e. The van der Waals surface area contributed by atoms with Crippen molar-refractivity contribution in [2.45, 2.75) is 37.6 Å². The fourth-order valence-electron chi connectivity index (χ4n) is 4.02. The van der Waals surface area contributed by atoms with E-state index in [2.05, 4.69) is 0 Å². The number of carbonyl (C=O) groups excluding carboxylic acids is 1. The molecule has 1 saturated heterocycles. The van der Waals surface area contributed by atoms with Gasteiger partial charge in [-0.2, -0.15) is 8.42 Å². The summed E-state index contributed by atoms with van der Waals surface area (Å²) in [5.74, 6) is 0.113. The van der Waals surface area contributed by atoms with Crippen molar-refractivity contribution in [3.05, 3.63) is 69.7 Å². The molecule has 1 fully saturated rings. The van der Waals surface area contributed by atoms with Crippen LogP contribution in [0.1, 0.15) is 36.8 Å². The van der Waals surface area contributed by atoms with E-state index in [1.807, 2.05) is 47.4 Å². The van der Waals surface area contributed by atoms with Gasteiger partial charge in [0.15, 0.2) is 0 Å². The van der Waals surface area contributed by atoms with Gasteiger partial charge in [0.2, 0.25) is 5.91 Å². The van der Waals surface area contributed by atoms with Gasteiger partial charge in [-0.1, -0.05) is 59.6 Å². The first-order valence-electron chi connectivity index (χ1n) is 9.80. The summed E-state index contributed by atoms with van der Waals surface area (Å²) in [6, 6.07) is 15.4. The van der Waals surface area contributed by atoms with Crippen LogP contribution >= 0.6 is 23.2 Å². The highest BCUT2D eigenvalue weighted by Gasteiger charge is 2.40. The summed E-state index contributed by atoms with van der Waals surface area (Å²) in [4.78, 5) is 14.5. The normalized spacial score (nSPS) is 19.8. The first-order valence-corrected chi connectivity index (χ1v) is 12.4. The Labute approximate surface area is 188 Å². The Kier molecular flexibility index (Phi) is 7.45. The fraction of sp³-hybridized carbons (Fsp3) is 0.409. The molecule has 1 amide bonds. The van der Waals surface area contributed by atoms with Gasteiger partial charge in [-0.15, -0.1) is 0 Å². The summed E-state index contributed by atoms with van der Waals surface area (Å²) in [5.41, 5.74) is 1.72. The summed E-state index contributed by atoms with van der Waals surface area (Å²) in [5, 5.41) is 0.941. The van der Waals surface area contributed by atoms with Crippen molar-refractivity contribution in [2.75, 3.05) is 19.4 Å². The van der Waals surface area contributed by atoms with Gasteiger partial charge in [0.05, 0.1) is 22.9 Å². The highest BCUT2D eigenvalue weighted by molar-refractivity contribution is 7.85. The molecule has 1 atom stereocenters. The fourth-order valence-corrected chi connectivity index (χ4v) is 4.73. The highest BCUT2D eigenvalue weighted by atomic mass is 35.5. The molecule has 0 aliphatic carbocycles. The molecular weight excluding hydrogens is 445 g/mol. The molecule has 30 heavy (non-hydrogen) atoms. The van der Waals surface area contributed by atoms with Crippen molar-refractivity contribution < 1.29 is 17.4 Å².